The summed E-state index contributed by atoms with van der Waals surface area (Å²) >= 11 is 0. The molecule has 0 N–H and O–H groups in total. The number of nitrogens with zero attached hydrogens (tertiary/aromatic N) is 2. The zero-order chi connectivity index (χ0) is 36.1. The number of unbranched alkanes of at least 4 members (excludes halogenated alkanes) is 4. The molecule has 6 rings (SSSR count). The maximum Gasteiger partial charge on any atom is 0.0708 e. The lowest BCUT2D eigenvalue weighted by Crippen LogP contribution is -2.17. The smallest absolute Gasteiger partial charge is 0.0708 e. The van der Waals surface area contributed by atoms with E-state index in [0.717, 1.165) is 37.1 Å². The lowest BCUT2D eigenvalue weighted by atomic mass is 10.0. The first-order valence-corrected chi connectivity index (χ1v) is 20.1. The Morgan fingerprint density at radius 1 is 0.327 bits per heavy atom. The minimum absolute atomic E-state index is 1.11. The third kappa shape index (κ3) is 9.15. The summed E-state index contributed by atoms with van der Waals surface area (Å²) < 4.78 is 0. The summed E-state index contributed by atoms with van der Waals surface area (Å²) in [5, 5.41) is 2.46. The molecular formula is C50H58N2. The van der Waals surface area contributed by atoms with Gasteiger partial charge < -0.3 is 9.80 Å². The van der Waals surface area contributed by atoms with E-state index in [1.165, 1.54) is 107 Å². The fraction of sp³-hybridized carbons (Fsp3) is 0.320. The van der Waals surface area contributed by atoms with Crippen molar-refractivity contribution in [1.82, 2.24) is 0 Å². The van der Waals surface area contributed by atoms with E-state index in [4.69, 9.17) is 0 Å². The van der Waals surface area contributed by atoms with Gasteiger partial charge in [-0.25, -0.2) is 0 Å². The predicted molar refractivity (Wildman–Crippen MR) is 228 cm³/mol. The first kappa shape index (κ1) is 37.0. The lowest BCUT2D eigenvalue weighted by molar-refractivity contribution is 0.795. The second-order valence-electron chi connectivity index (χ2n) is 14.4. The van der Waals surface area contributed by atoms with Crippen molar-refractivity contribution in [2.45, 2.75) is 105 Å². The molecule has 0 aliphatic rings. The molecule has 6 aromatic rings. The van der Waals surface area contributed by atoms with E-state index in [1.807, 2.05) is 0 Å². The highest BCUT2D eigenvalue weighted by Crippen LogP contribution is 2.47. The molecule has 0 saturated heterocycles. The fourth-order valence-corrected chi connectivity index (χ4v) is 7.20. The number of hydrogen-bond donors (Lipinski definition) is 0. The van der Waals surface area contributed by atoms with Crippen molar-refractivity contribution in [1.29, 1.82) is 0 Å². The Bertz CT molecular complexity index is 1710. The van der Waals surface area contributed by atoms with Gasteiger partial charge in [-0.2, -0.15) is 0 Å². The summed E-state index contributed by atoms with van der Waals surface area (Å²) in [5.41, 5.74) is 12.6. The summed E-state index contributed by atoms with van der Waals surface area (Å²) in [6.07, 6.45) is 14.1. The number of hydrogen-bond acceptors (Lipinski definition) is 2. The Kier molecular flexibility index (Phi) is 13.2. The molecule has 0 unspecified atom stereocenters. The number of rotatable bonds is 18. The molecule has 2 heteroatoms. The molecule has 268 valence electrons. The van der Waals surface area contributed by atoms with Crippen molar-refractivity contribution in [3.05, 3.63) is 156 Å². The standard InChI is InChI=1S/C50H58N2/c1-5-9-15-39-21-29-45(30-22-39)51(46-31-23-40(24-32-46)16-10-6-2)49-37-43-19-13-14-20-44(43)38-50(49)52(47-33-25-41(26-34-47)17-11-7-3)48-35-27-42(28-36-48)18-12-8-4/h13-14,19-38H,5-12,15-18H2,1-4H3. The van der Waals surface area contributed by atoms with Crippen LogP contribution >= 0.6 is 0 Å². The topological polar surface area (TPSA) is 6.48 Å². The monoisotopic (exact) mass is 686 g/mol. The second kappa shape index (κ2) is 18.6. The van der Waals surface area contributed by atoms with E-state index in [2.05, 4.69) is 171 Å². The van der Waals surface area contributed by atoms with Crippen LogP contribution in [0.25, 0.3) is 10.8 Å². The highest BCUT2D eigenvalue weighted by Gasteiger charge is 2.23. The van der Waals surface area contributed by atoms with Crippen LogP contribution in [0.1, 0.15) is 101 Å². The number of benzene rings is 6. The molecule has 0 spiro atoms. The SMILES string of the molecule is CCCCc1ccc(N(c2ccc(CCCC)cc2)c2cc3ccccc3cc2N(c2ccc(CCCC)cc2)c2ccc(CCCC)cc2)cc1. The van der Waals surface area contributed by atoms with Gasteiger partial charge in [-0.3, -0.25) is 0 Å². The van der Waals surface area contributed by atoms with Gasteiger partial charge in [0.15, 0.2) is 0 Å². The van der Waals surface area contributed by atoms with Gasteiger partial charge in [-0.15, -0.1) is 0 Å². The normalized spacial score (nSPS) is 11.2. The van der Waals surface area contributed by atoms with Crippen LogP contribution in [-0.4, -0.2) is 0 Å². The molecule has 0 heterocycles. The van der Waals surface area contributed by atoms with Crippen molar-refractivity contribution in [3.8, 4) is 0 Å². The Balaban J connectivity index is 1.56. The van der Waals surface area contributed by atoms with Gasteiger partial charge in [0.2, 0.25) is 0 Å². The second-order valence-corrected chi connectivity index (χ2v) is 14.4. The Morgan fingerprint density at radius 2 is 0.577 bits per heavy atom. The van der Waals surface area contributed by atoms with Gasteiger partial charge in [-0.05, 0) is 145 Å². The molecule has 52 heavy (non-hydrogen) atoms. The third-order valence-electron chi connectivity index (χ3n) is 10.4. The maximum absolute atomic E-state index is 2.48. The summed E-state index contributed by atoms with van der Waals surface area (Å²) in [6, 6.07) is 50.8. The van der Waals surface area contributed by atoms with E-state index < -0.39 is 0 Å². The Morgan fingerprint density at radius 3 is 0.808 bits per heavy atom. The van der Waals surface area contributed by atoms with Crippen molar-refractivity contribution < 1.29 is 0 Å². The summed E-state index contributed by atoms with van der Waals surface area (Å²) in [4.78, 5) is 4.96. The van der Waals surface area contributed by atoms with Gasteiger partial charge in [0.25, 0.3) is 0 Å². The summed E-state index contributed by atoms with van der Waals surface area (Å²) in [7, 11) is 0. The molecule has 0 aliphatic carbocycles. The highest BCUT2D eigenvalue weighted by atomic mass is 15.2. The number of fused-ring (bicyclic) bond motifs is 1. The molecule has 0 bridgehead atoms. The van der Waals surface area contributed by atoms with E-state index in [1.54, 1.807) is 0 Å². The van der Waals surface area contributed by atoms with Crippen LogP contribution in [0, 0.1) is 0 Å². The fourth-order valence-electron chi connectivity index (χ4n) is 7.20. The van der Waals surface area contributed by atoms with Crippen LogP contribution in [-0.2, 0) is 25.7 Å². The molecule has 0 radical (unpaired) electrons. The number of aryl methyl sites for hydroxylation is 4. The van der Waals surface area contributed by atoms with Gasteiger partial charge >= 0.3 is 0 Å². The van der Waals surface area contributed by atoms with E-state index >= 15 is 0 Å². The molecule has 0 saturated carbocycles. The quantitative estimate of drug-likeness (QED) is 0.0888. The molecule has 6 aromatic carbocycles. The average molecular weight is 687 g/mol. The maximum atomic E-state index is 2.48. The van der Waals surface area contributed by atoms with Crippen LogP contribution in [0.15, 0.2) is 133 Å². The van der Waals surface area contributed by atoms with Crippen LogP contribution in [0.3, 0.4) is 0 Å². The first-order valence-electron chi connectivity index (χ1n) is 20.1. The van der Waals surface area contributed by atoms with Crippen molar-refractivity contribution in [2.24, 2.45) is 0 Å². The zero-order valence-corrected chi connectivity index (χ0v) is 32.1. The van der Waals surface area contributed by atoms with Crippen molar-refractivity contribution >= 4 is 44.9 Å². The van der Waals surface area contributed by atoms with E-state index in [0.29, 0.717) is 0 Å². The molecule has 2 nitrogen and oxygen atoms in total. The first-order chi connectivity index (χ1) is 25.6. The largest absolute Gasteiger partial charge is 0.308 e. The van der Waals surface area contributed by atoms with Gasteiger partial charge in [0.05, 0.1) is 11.4 Å². The minimum atomic E-state index is 1.11. The highest BCUT2D eigenvalue weighted by molar-refractivity contribution is 6.00. The average Bonchev–Trinajstić information content (AvgIpc) is 3.20. The summed E-state index contributed by atoms with van der Waals surface area (Å²) in [6.45, 7) is 9.07. The van der Waals surface area contributed by atoms with Crippen LogP contribution in [0.2, 0.25) is 0 Å². The van der Waals surface area contributed by atoms with Gasteiger partial charge in [-0.1, -0.05) is 126 Å². The lowest BCUT2D eigenvalue weighted by Gasteiger charge is -2.34. The predicted octanol–water partition coefficient (Wildman–Crippen LogP) is 15.1. The van der Waals surface area contributed by atoms with Gasteiger partial charge in [0.1, 0.15) is 0 Å². The number of anilines is 6. The Labute approximate surface area is 314 Å². The third-order valence-corrected chi connectivity index (χ3v) is 10.4. The van der Waals surface area contributed by atoms with E-state index in [-0.39, 0.29) is 0 Å². The van der Waals surface area contributed by atoms with Crippen LogP contribution in [0.5, 0.6) is 0 Å². The van der Waals surface area contributed by atoms with Crippen molar-refractivity contribution in [3.63, 3.8) is 0 Å². The minimum Gasteiger partial charge on any atom is -0.308 e. The van der Waals surface area contributed by atoms with Crippen LogP contribution in [0.4, 0.5) is 34.1 Å². The molecule has 0 fully saturated rings. The Hall–Kier alpha value is -4.82. The summed E-state index contributed by atoms with van der Waals surface area (Å²) in [5.74, 6) is 0. The molecular weight excluding hydrogens is 629 g/mol. The van der Waals surface area contributed by atoms with Crippen molar-refractivity contribution in [2.75, 3.05) is 9.80 Å². The molecule has 0 aromatic heterocycles. The molecule has 0 amide bonds. The van der Waals surface area contributed by atoms with Crippen LogP contribution < -0.4 is 9.80 Å². The molecule has 0 atom stereocenters. The van der Waals surface area contributed by atoms with Gasteiger partial charge in [0, 0.05) is 22.7 Å². The zero-order valence-electron chi connectivity index (χ0n) is 32.1. The molecule has 0 aliphatic heterocycles. The van der Waals surface area contributed by atoms with E-state index in [9.17, 15) is 0 Å².